The number of nitrogens with zero attached hydrogens (tertiary/aromatic N) is 5. The molecule has 0 spiro atoms. The number of aromatic nitrogens is 4. The number of carbonyl (C=O) groups is 1. The van der Waals surface area contributed by atoms with Crippen LogP contribution in [0.5, 0.6) is 0 Å². The van der Waals surface area contributed by atoms with E-state index < -0.39 is 21.9 Å². The minimum atomic E-state index is -3.48. The molecule has 1 amide bonds. The number of sulfonamides is 1. The van der Waals surface area contributed by atoms with Gasteiger partial charge in [0.25, 0.3) is 0 Å². The van der Waals surface area contributed by atoms with Gasteiger partial charge in [-0.25, -0.2) is 27.3 Å². The summed E-state index contributed by atoms with van der Waals surface area (Å²) in [7, 11) is -1.96. The highest BCUT2D eigenvalue weighted by molar-refractivity contribution is 7.92. The zero-order valence-corrected chi connectivity index (χ0v) is 17.2. The molecule has 0 bridgehead atoms. The molecular weight excluding hydrogens is 415 g/mol. The summed E-state index contributed by atoms with van der Waals surface area (Å²) in [5.41, 5.74) is 1.61. The lowest BCUT2D eigenvalue weighted by Gasteiger charge is -2.20. The summed E-state index contributed by atoms with van der Waals surface area (Å²) in [6.07, 6.45) is -0.254. The van der Waals surface area contributed by atoms with Crippen molar-refractivity contribution in [1.82, 2.24) is 20.0 Å². The van der Waals surface area contributed by atoms with Gasteiger partial charge in [-0.2, -0.15) is 0 Å². The van der Waals surface area contributed by atoms with Gasteiger partial charge in [-0.15, -0.1) is 5.10 Å². The van der Waals surface area contributed by atoms with Crippen LogP contribution in [0.2, 0.25) is 0 Å². The molecule has 2 aromatic heterocycles. The van der Waals surface area contributed by atoms with Crippen molar-refractivity contribution in [2.24, 2.45) is 7.05 Å². The number of nitrogens with one attached hydrogen (secondary N) is 1. The fraction of sp³-hybridized carbons (Fsp3) is 0.222. The predicted octanol–water partition coefficient (Wildman–Crippen LogP) is 2.38. The van der Waals surface area contributed by atoms with Gasteiger partial charge in [-0.1, -0.05) is 17.3 Å². The summed E-state index contributed by atoms with van der Waals surface area (Å²) < 4.78 is 40.1. The van der Waals surface area contributed by atoms with Gasteiger partial charge in [0.2, 0.25) is 10.0 Å². The first-order valence-corrected chi connectivity index (χ1v) is 10.5. The number of aryl methyl sites for hydroxylation is 2. The maximum Gasteiger partial charge on any atom is 0.413 e. The van der Waals surface area contributed by atoms with E-state index in [9.17, 15) is 22.7 Å². The number of hydrogen-bond acceptors (Lipinski definition) is 6. The van der Waals surface area contributed by atoms with Crippen LogP contribution in [0.3, 0.4) is 0 Å². The minimum Gasteiger partial charge on any atom is -0.465 e. The lowest BCUT2D eigenvalue weighted by Crippen LogP contribution is -2.31. The van der Waals surface area contributed by atoms with Crippen LogP contribution in [0, 0.1) is 12.7 Å². The van der Waals surface area contributed by atoms with Crippen molar-refractivity contribution < 1.29 is 22.7 Å². The van der Waals surface area contributed by atoms with Crippen LogP contribution < -0.4 is 9.62 Å². The third-order valence-electron chi connectivity index (χ3n) is 4.14. The van der Waals surface area contributed by atoms with Crippen molar-refractivity contribution in [3.8, 4) is 11.4 Å². The fourth-order valence-electron chi connectivity index (χ4n) is 2.87. The average Bonchev–Trinajstić information content (AvgIpc) is 3.01. The topological polar surface area (TPSA) is 130 Å². The highest BCUT2D eigenvalue weighted by Gasteiger charge is 2.26. The third kappa shape index (κ3) is 4.71. The van der Waals surface area contributed by atoms with Crippen molar-refractivity contribution >= 4 is 27.6 Å². The van der Waals surface area contributed by atoms with Gasteiger partial charge >= 0.3 is 6.09 Å². The molecule has 30 heavy (non-hydrogen) atoms. The van der Waals surface area contributed by atoms with Gasteiger partial charge in [0.15, 0.2) is 11.5 Å². The van der Waals surface area contributed by atoms with Crippen LogP contribution in [-0.2, 0) is 23.6 Å². The smallest absolute Gasteiger partial charge is 0.413 e. The number of rotatable bonds is 6. The maximum atomic E-state index is 13.5. The van der Waals surface area contributed by atoms with E-state index in [2.05, 4.69) is 20.0 Å². The molecule has 0 saturated carbocycles. The summed E-state index contributed by atoms with van der Waals surface area (Å²) in [6.45, 7) is 1.47. The van der Waals surface area contributed by atoms with E-state index in [0.717, 1.165) is 11.2 Å². The Morgan fingerprint density at radius 1 is 1.30 bits per heavy atom. The number of pyridine rings is 1. The summed E-state index contributed by atoms with van der Waals surface area (Å²) in [6, 6.07) is 8.63. The van der Waals surface area contributed by atoms with Crippen LogP contribution in [0.4, 0.5) is 20.7 Å². The van der Waals surface area contributed by atoms with Crippen LogP contribution in [0.15, 0.2) is 36.4 Å². The van der Waals surface area contributed by atoms with E-state index in [0.29, 0.717) is 22.6 Å². The van der Waals surface area contributed by atoms with Crippen LogP contribution in [0.1, 0.15) is 11.3 Å². The zero-order chi connectivity index (χ0) is 22.1. The molecule has 0 aliphatic heterocycles. The van der Waals surface area contributed by atoms with Crippen molar-refractivity contribution in [2.75, 3.05) is 15.9 Å². The number of benzene rings is 1. The number of amides is 1. The molecule has 10 nitrogen and oxygen atoms in total. The molecule has 158 valence electrons. The van der Waals surface area contributed by atoms with E-state index in [4.69, 9.17) is 0 Å². The molecule has 3 rings (SSSR count). The average molecular weight is 434 g/mol. The monoisotopic (exact) mass is 434 g/mol. The van der Waals surface area contributed by atoms with Gasteiger partial charge in [0.05, 0.1) is 29.9 Å². The van der Waals surface area contributed by atoms with Gasteiger partial charge in [-0.05, 0) is 36.8 Å². The Balaban J connectivity index is 2.03. The largest absolute Gasteiger partial charge is 0.465 e. The second kappa shape index (κ2) is 8.06. The van der Waals surface area contributed by atoms with Gasteiger partial charge < -0.3 is 5.11 Å². The Kier molecular flexibility index (Phi) is 5.69. The Morgan fingerprint density at radius 3 is 2.63 bits per heavy atom. The Hall–Kier alpha value is -3.54. The minimum absolute atomic E-state index is 0.131. The molecule has 0 fully saturated rings. The van der Waals surface area contributed by atoms with Crippen LogP contribution in [0.25, 0.3) is 11.4 Å². The maximum absolute atomic E-state index is 13.5. The molecule has 0 unspecified atom stereocenters. The van der Waals surface area contributed by atoms with Gasteiger partial charge in [0, 0.05) is 7.05 Å². The molecule has 0 aliphatic carbocycles. The molecule has 12 heteroatoms. The van der Waals surface area contributed by atoms with E-state index >= 15 is 0 Å². The molecule has 0 radical (unpaired) electrons. The summed E-state index contributed by atoms with van der Waals surface area (Å²) in [5.74, 6) is -0.338. The second-order valence-electron chi connectivity index (χ2n) is 6.59. The fourth-order valence-corrected chi connectivity index (χ4v) is 3.49. The second-order valence-corrected chi connectivity index (χ2v) is 8.34. The number of anilines is 2. The Bertz CT molecular complexity index is 1210. The first-order valence-electron chi connectivity index (χ1n) is 8.65. The predicted molar refractivity (Wildman–Crippen MR) is 108 cm³/mol. The van der Waals surface area contributed by atoms with Crippen molar-refractivity contribution in [1.29, 1.82) is 0 Å². The quantitative estimate of drug-likeness (QED) is 0.609. The summed E-state index contributed by atoms with van der Waals surface area (Å²) in [5, 5.41) is 17.7. The molecule has 0 atom stereocenters. The number of hydrogen-bond donors (Lipinski definition) is 2. The first kappa shape index (κ1) is 21.2. The third-order valence-corrected chi connectivity index (χ3v) is 4.73. The molecule has 0 aliphatic rings. The highest BCUT2D eigenvalue weighted by Crippen LogP contribution is 2.30. The van der Waals surface area contributed by atoms with E-state index in [1.54, 1.807) is 13.0 Å². The highest BCUT2D eigenvalue weighted by atomic mass is 32.2. The summed E-state index contributed by atoms with van der Waals surface area (Å²) >= 11 is 0. The molecule has 2 N–H and O–H groups in total. The van der Waals surface area contributed by atoms with Gasteiger partial charge in [-0.3, -0.25) is 9.62 Å². The van der Waals surface area contributed by atoms with E-state index in [1.165, 1.54) is 42.1 Å². The van der Waals surface area contributed by atoms with Gasteiger partial charge in [0.1, 0.15) is 5.82 Å². The Morgan fingerprint density at radius 2 is 2.03 bits per heavy atom. The first-order chi connectivity index (χ1) is 14.0. The number of carboxylic acid groups (broad SMARTS) is 1. The standard InChI is InChI=1S/C18H19FN6O4S/c1-11-14(22-30(3,28)29)7-8-15(20-11)16-17(24(2)23-21-16)25(18(26)27)10-12-5-4-6-13(19)9-12/h4-9,22H,10H2,1-3H3,(H,26,27). The normalized spacial score (nSPS) is 11.3. The molecule has 1 aromatic carbocycles. The molecular formula is C18H19FN6O4S. The zero-order valence-electron chi connectivity index (χ0n) is 16.4. The van der Waals surface area contributed by atoms with E-state index in [1.807, 2.05) is 0 Å². The molecule has 0 saturated heterocycles. The number of halogens is 1. The van der Waals surface area contributed by atoms with Crippen molar-refractivity contribution in [2.45, 2.75) is 13.5 Å². The van der Waals surface area contributed by atoms with E-state index in [-0.39, 0.29) is 18.1 Å². The molecule has 3 aromatic rings. The lowest BCUT2D eigenvalue weighted by atomic mass is 10.2. The van der Waals surface area contributed by atoms with Crippen LogP contribution in [-0.4, -0.2) is 45.9 Å². The molecule has 2 heterocycles. The van der Waals surface area contributed by atoms with Crippen molar-refractivity contribution in [3.63, 3.8) is 0 Å². The van der Waals surface area contributed by atoms with Crippen LogP contribution >= 0.6 is 0 Å². The SMILES string of the molecule is Cc1nc(-c2nnn(C)c2N(Cc2cccc(F)c2)C(=O)O)ccc1NS(C)(=O)=O. The summed E-state index contributed by atoms with van der Waals surface area (Å²) in [4.78, 5) is 17.3. The van der Waals surface area contributed by atoms with Crippen molar-refractivity contribution in [3.05, 3.63) is 53.5 Å². The Labute approximate surface area is 172 Å². The lowest BCUT2D eigenvalue weighted by molar-refractivity contribution is 0.201.